The van der Waals surface area contributed by atoms with Gasteiger partial charge < -0.3 is 4.74 Å². The molecular weight excluding hydrogens is 182 g/mol. The minimum Gasteiger partial charge on any atom is -0.374 e. The second-order valence-electron chi connectivity index (χ2n) is 3.23. The fraction of sp³-hybridized carbons (Fsp3) is 0.667. The smallest absolute Gasteiger partial charge is 0.155 e. The first kappa shape index (κ1) is 10.8. The van der Waals surface area contributed by atoms with Crippen molar-refractivity contribution in [2.75, 3.05) is 13.2 Å². The number of aryl methyl sites for hydroxylation is 2. The highest BCUT2D eigenvalue weighted by Crippen LogP contribution is 1.92. The van der Waals surface area contributed by atoms with Crippen LogP contribution in [0.25, 0.3) is 0 Å². The van der Waals surface area contributed by atoms with Crippen LogP contribution in [0.15, 0.2) is 6.20 Å². The molecule has 5 heteroatoms. The van der Waals surface area contributed by atoms with Gasteiger partial charge in [0.1, 0.15) is 6.61 Å². The zero-order valence-electron chi connectivity index (χ0n) is 8.56. The Morgan fingerprint density at radius 2 is 2.43 bits per heavy atom. The van der Waals surface area contributed by atoms with Gasteiger partial charge in [-0.15, -0.1) is 5.10 Å². The second kappa shape index (κ2) is 5.49. The van der Waals surface area contributed by atoms with E-state index in [4.69, 9.17) is 4.74 Å². The number of hydrogen-bond donors (Lipinski definition) is 0. The summed E-state index contributed by atoms with van der Waals surface area (Å²) in [5.74, 6) is 0.0570. The van der Waals surface area contributed by atoms with E-state index in [1.807, 2.05) is 13.1 Å². The largest absolute Gasteiger partial charge is 0.374 e. The molecule has 0 bridgehead atoms. The Balaban J connectivity index is 2.07. The molecule has 0 aliphatic rings. The molecule has 0 aromatic carbocycles. The highest BCUT2D eigenvalue weighted by Gasteiger charge is 1.96. The van der Waals surface area contributed by atoms with Gasteiger partial charge in [0, 0.05) is 19.3 Å². The zero-order chi connectivity index (χ0) is 10.4. The number of aromatic nitrogens is 3. The molecule has 0 spiro atoms. The van der Waals surface area contributed by atoms with E-state index in [-0.39, 0.29) is 12.4 Å². The van der Waals surface area contributed by atoms with Crippen LogP contribution in [0.2, 0.25) is 0 Å². The Hall–Kier alpha value is -1.23. The number of ether oxygens (including phenoxy) is 1. The maximum absolute atomic E-state index is 10.5. The van der Waals surface area contributed by atoms with Crippen LogP contribution in [-0.2, 0) is 16.1 Å². The Labute approximate surface area is 83.1 Å². The molecule has 14 heavy (non-hydrogen) atoms. The van der Waals surface area contributed by atoms with Gasteiger partial charge in [-0.3, -0.25) is 9.48 Å². The van der Waals surface area contributed by atoms with Gasteiger partial charge in [-0.25, -0.2) is 0 Å². The van der Waals surface area contributed by atoms with E-state index in [9.17, 15) is 4.79 Å². The number of ketones is 1. The maximum atomic E-state index is 10.5. The first-order chi connectivity index (χ1) is 6.68. The van der Waals surface area contributed by atoms with Crippen molar-refractivity contribution in [2.24, 2.45) is 0 Å². The lowest BCUT2D eigenvalue weighted by Crippen LogP contribution is -2.08. The van der Waals surface area contributed by atoms with E-state index in [0.717, 1.165) is 18.7 Å². The Kier molecular flexibility index (Phi) is 4.25. The van der Waals surface area contributed by atoms with Crippen LogP contribution in [0.3, 0.4) is 0 Å². The number of hydrogen-bond acceptors (Lipinski definition) is 4. The fourth-order valence-corrected chi connectivity index (χ4v) is 1.05. The monoisotopic (exact) mass is 197 g/mol. The quantitative estimate of drug-likeness (QED) is 0.626. The summed E-state index contributed by atoms with van der Waals surface area (Å²) in [6.45, 7) is 4.98. The number of nitrogens with zero attached hydrogens (tertiary/aromatic N) is 3. The van der Waals surface area contributed by atoms with E-state index >= 15 is 0 Å². The summed E-state index contributed by atoms with van der Waals surface area (Å²) in [6.07, 6.45) is 2.72. The summed E-state index contributed by atoms with van der Waals surface area (Å²) >= 11 is 0. The van der Waals surface area contributed by atoms with Crippen LogP contribution >= 0.6 is 0 Å². The van der Waals surface area contributed by atoms with Crippen molar-refractivity contribution in [1.82, 2.24) is 15.0 Å². The normalized spacial score (nSPS) is 10.4. The Bertz CT molecular complexity index is 296. The summed E-state index contributed by atoms with van der Waals surface area (Å²) in [7, 11) is 0. The molecule has 0 amide bonds. The molecule has 78 valence electrons. The number of rotatable bonds is 6. The predicted molar refractivity (Wildman–Crippen MR) is 50.9 cm³/mol. The molecule has 1 aromatic rings. The summed E-state index contributed by atoms with van der Waals surface area (Å²) in [5, 5.41) is 7.75. The van der Waals surface area contributed by atoms with Gasteiger partial charge in [0.05, 0.1) is 5.69 Å². The first-order valence-electron chi connectivity index (χ1n) is 4.62. The van der Waals surface area contributed by atoms with Crippen LogP contribution in [0.5, 0.6) is 0 Å². The molecule has 1 rings (SSSR count). The summed E-state index contributed by atoms with van der Waals surface area (Å²) in [4.78, 5) is 10.5. The second-order valence-corrected chi connectivity index (χ2v) is 3.23. The summed E-state index contributed by atoms with van der Waals surface area (Å²) in [5.41, 5.74) is 0.912. The third kappa shape index (κ3) is 4.13. The van der Waals surface area contributed by atoms with Crippen LogP contribution in [-0.4, -0.2) is 34.0 Å². The highest BCUT2D eigenvalue weighted by atomic mass is 16.5. The lowest BCUT2D eigenvalue weighted by Gasteiger charge is -2.01. The third-order valence-electron chi connectivity index (χ3n) is 1.63. The van der Waals surface area contributed by atoms with Gasteiger partial charge in [0.2, 0.25) is 0 Å². The molecular formula is C9H15N3O2. The van der Waals surface area contributed by atoms with Crippen LogP contribution < -0.4 is 0 Å². The third-order valence-corrected chi connectivity index (χ3v) is 1.63. The van der Waals surface area contributed by atoms with Gasteiger partial charge >= 0.3 is 0 Å². The van der Waals surface area contributed by atoms with E-state index < -0.39 is 0 Å². The van der Waals surface area contributed by atoms with Gasteiger partial charge in [0.15, 0.2) is 5.78 Å². The molecule has 0 saturated carbocycles. The molecule has 5 nitrogen and oxygen atoms in total. The van der Waals surface area contributed by atoms with Gasteiger partial charge in [-0.05, 0) is 20.3 Å². The van der Waals surface area contributed by atoms with Crippen molar-refractivity contribution in [1.29, 1.82) is 0 Å². The molecule has 0 aliphatic heterocycles. The highest BCUT2D eigenvalue weighted by molar-refractivity contribution is 5.76. The topological polar surface area (TPSA) is 57.0 Å². The lowest BCUT2D eigenvalue weighted by atomic mass is 10.4. The van der Waals surface area contributed by atoms with Gasteiger partial charge in [-0.1, -0.05) is 5.21 Å². The van der Waals surface area contributed by atoms with Crippen molar-refractivity contribution in [3.8, 4) is 0 Å². The predicted octanol–water partition coefficient (Wildman–Crippen LogP) is 0.582. The molecule has 1 aromatic heterocycles. The molecule has 0 saturated heterocycles. The maximum Gasteiger partial charge on any atom is 0.155 e. The molecule has 1 heterocycles. The number of carbonyl (C=O) groups is 1. The Morgan fingerprint density at radius 1 is 1.64 bits per heavy atom. The summed E-state index contributed by atoms with van der Waals surface area (Å²) < 4.78 is 6.88. The van der Waals surface area contributed by atoms with Crippen molar-refractivity contribution < 1.29 is 9.53 Å². The molecule has 0 N–H and O–H groups in total. The molecule has 0 aliphatic carbocycles. The van der Waals surface area contributed by atoms with Crippen molar-refractivity contribution in [3.05, 3.63) is 11.9 Å². The van der Waals surface area contributed by atoms with Gasteiger partial charge in [0.25, 0.3) is 0 Å². The van der Waals surface area contributed by atoms with Crippen molar-refractivity contribution in [3.63, 3.8) is 0 Å². The van der Waals surface area contributed by atoms with Crippen molar-refractivity contribution >= 4 is 5.78 Å². The standard InChI is InChI=1S/C9H15N3O2/c1-8-6-12(11-10-8)4-3-5-14-7-9(2)13/h6H,3-5,7H2,1-2H3. The molecule has 0 fully saturated rings. The van der Waals surface area contributed by atoms with E-state index in [1.54, 1.807) is 4.68 Å². The average Bonchev–Trinajstić information content (AvgIpc) is 2.50. The number of carbonyl (C=O) groups excluding carboxylic acids is 1. The molecule has 0 atom stereocenters. The first-order valence-corrected chi connectivity index (χ1v) is 4.62. The van der Waals surface area contributed by atoms with E-state index in [1.165, 1.54) is 6.92 Å². The minimum absolute atomic E-state index is 0.0570. The van der Waals surface area contributed by atoms with Crippen LogP contribution in [0.4, 0.5) is 0 Å². The fourth-order valence-electron chi connectivity index (χ4n) is 1.05. The van der Waals surface area contributed by atoms with Gasteiger partial charge in [-0.2, -0.15) is 0 Å². The summed E-state index contributed by atoms with van der Waals surface area (Å²) in [6, 6.07) is 0. The van der Waals surface area contributed by atoms with E-state index in [2.05, 4.69) is 10.3 Å². The number of Topliss-reactive ketones (excluding diaryl/α,β-unsaturated/α-hetero) is 1. The minimum atomic E-state index is 0.0570. The van der Waals surface area contributed by atoms with Crippen molar-refractivity contribution in [2.45, 2.75) is 26.8 Å². The lowest BCUT2D eigenvalue weighted by molar-refractivity contribution is -0.121. The van der Waals surface area contributed by atoms with Crippen LogP contribution in [0, 0.1) is 6.92 Å². The SMILES string of the molecule is CC(=O)COCCCn1cc(C)nn1. The molecule has 0 unspecified atom stereocenters. The zero-order valence-corrected chi connectivity index (χ0v) is 8.56. The van der Waals surface area contributed by atoms with Crippen LogP contribution in [0.1, 0.15) is 19.0 Å². The van der Waals surface area contributed by atoms with E-state index in [0.29, 0.717) is 6.61 Å². The Morgan fingerprint density at radius 3 is 3.00 bits per heavy atom. The molecule has 0 radical (unpaired) electrons. The average molecular weight is 197 g/mol.